The van der Waals surface area contributed by atoms with Gasteiger partial charge in [0, 0.05) is 15.8 Å². The van der Waals surface area contributed by atoms with E-state index in [4.69, 9.17) is 4.42 Å². The largest absolute Gasteiger partial charge is 0.411 e. The van der Waals surface area contributed by atoms with Crippen molar-refractivity contribution < 1.29 is 4.42 Å². The predicted octanol–water partition coefficient (Wildman–Crippen LogP) is 5.31. The third kappa shape index (κ3) is 2.95. The van der Waals surface area contributed by atoms with Crippen molar-refractivity contribution in [2.24, 2.45) is 0 Å². The molecular formula is C20H18N4OS2. The number of nitrogens with zero attached hydrogens (tertiary/aromatic N) is 4. The van der Waals surface area contributed by atoms with Gasteiger partial charge in [-0.3, -0.25) is 0 Å². The second-order valence-electron chi connectivity index (χ2n) is 6.89. The predicted molar refractivity (Wildman–Crippen MR) is 108 cm³/mol. The van der Waals surface area contributed by atoms with Gasteiger partial charge in [0.05, 0.1) is 0 Å². The highest BCUT2D eigenvalue weighted by Crippen LogP contribution is 2.42. The number of benzene rings is 1. The van der Waals surface area contributed by atoms with Crippen molar-refractivity contribution in [2.45, 2.75) is 50.3 Å². The second-order valence-corrected chi connectivity index (χ2v) is 8.91. The fourth-order valence-corrected chi connectivity index (χ4v) is 5.70. The Bertz CT molecular complexity index is 1180. The van der Waals surface area contributed by atoms with E-state index < -0.39 is 0 Å². The van der Waals surface area contributed by atoms with Crippen LogP contribution < -0.4 is 0 Å². The summed E-state index contributed by atoms with van der Waals surface area (Å²) >= 11 is 3.24. The molecule has 0 saturated heterocycles. The third-order valence-corrected chi connectivity index (χ3v) is 7.00. The number of hydrogen-bond acceptors (Lipinski definition) is 7. The Morgan fingerprint density at radius 1 is 1.04 bits per heavy atom. The standard InChI is InChI=1S/C20H18N4OS2/c1-10-7-8-13(9-11(10)2)17-23-24-20(25-17)27-19-16-14-5-4-6-15(14)26-18(16)21-12(3)22-19/h7-9H,4-6H2,1-3H3. The quantitative estimate of drug-likeness (QED) is 0.439. The van der Waals surface area contributed by atoms with Crippen molar-refractivity contribution in [3.63, 3.8) is 0 Å². The first-order chi connectivity index (χ1) is 13.1. The molecule has 0 unspecified atom stereocenters. The van der Waals surface area contributed by atoms with E-state index in [-0.39, 0.29) is 0 Å². The lowest BCUT2D eigenvalue weighted by molar-refractivity contribution is 0.465. The van der Waals surface area contributed by atoms with Gasteiger partial charge in [-0.25, -0.2) is 9.97 Å². The Hall–Kier alpha value is -2.25. The zero-order valence-corrected chi connectivity index (χ0v) is 17.0. The van der Waals surface area contributed by atoms with E-state index in [9.17, 15) is 0 Å². The van der Waals surface area contributed by atoms with E-state index in [1.54, 1.807) is 11.3 Å². The zero-order valence-electron chi connectivity index (χ0n) is 15.4. The van der Waals surface area contributed by atoms with Crippen LogP contribution in [0.2, 0.25) is 0 Å². The summed E-state index contributed by atoms with van der Waals surface area (Å²) in [6.07, 6.45) is 3.47. The molecule has 3 heterocycles. The van der Waals surface area contributed by atoms with Crippen LogP contribution in [0.25, 0.3) is 21.7 Å². The zero-order chi connectivity index (χ0) is 18.5. The molecule has 1 aliphatic rings. The van der Waals surface area contributed by atoms with Gasteiger partial charge >= 0.3 is 0 Å². The molecule has 136 valence electrons. The van der Waals surface area contributed by atoms with Crippen molar-refractivity contribution in [3.05, 3.63) is 45.6 Å². The number of fused-ring (bicyclic) bond motifs is 3. The fourth-order valence-electron chi connectivity index (χ4n) is 3.46. The van der Waals surface area contributed by atoms with Gasteiger partial charge in [0.1, 0.15) is 15.7 Å². The Morgan fingerprint density at radius 3 is 2.78 bits per heavy atom. The molecule has 0 atom stereocenters. The summed E-state index contributed by atoms with van der Waals surface area (Å²) in [4.78, 5) is 11.8. The molecule has 0 bridgehead atoms. The molecule has 1 aliphatic carbocycles. The summed E-state index contributed by atoms with van der Waals surface area (Å²) in [5, 5.41) is 11.1. The molecule has 0 N–H and O–H groups in total. The van der Waals surface area contributed by atoms with Gasteiger partial charge in [-0.1, -0.05) is 6.07 Å². The lowest BCUT2D eigenvalue weighted by atomic mass is 10.1. The van der Waals surface area contributed by atoms with Crippen molar-refractivity contribution >= 4 is 33.3 Å². The maximum absolute atomic E-state index is 5.94. The van der Waals surface area contributed by atoms with E-state index in [0.717, 1.165) is 34.1 Å². The van der Waals surface area contributed by atoms with Crippen LogP contribution in [0.4, 0.5) is 0 Å². The average molecular weight is 395 g/mol. The maximum Gasteiger partial charge on any atom is 0.283 e. The lowest BCUT2D eigenvalue weighted by Crippen LogP contribution is -1.92. The van der Waals surface area contributed by atoms with Crippen LogP contribution in [0.1, 0.15) is 33.8 Å². The molecule has 0 spiro atoms. The molecular weight excluding hydrogens is 376 g/mol. The molecule has 5 rings (SSSR count). The number of hydrogen-bond donors (Lipinski definition) is 0. The van der Waals surface area contributed by atoms with Crippen molar-refractivity contribution in [1.29, 1.82) is 0 Å². The number of aryl methyl sites for hydroxylation is 5. The molecule has 3 aromatic heterocycles. The maximum atomic E-state index is 5.94. The van der Waals surface area contributed by atoms with Gasteiger partial charge in [0.15, 0.2) is 0 Å². The first kappa shape index (κ1) is 16.9. The van der Waals surface area contributed by atoms with Crippen molar-refractivity contribution in [1.82, 2.24) is 20.2 Å². The minimum absolute atomic E-state index is 0.514. The molecule has 0 radical (unpaired) electrons. The van der Waals surface area contributed by atoms with E-state index >= 15 is 0 Å². The van der Waals surface area contributed by atoms with Gasteiger partial charge in [0.25, 0.3) is 5.22 Å². The van der Waals surface area contributed by atoms with E-state index in [2.05, 4.69) is 46.1 Å². The molecule has 1 aromatic carbocycles. The smallest absolute Gasteiger partial charge is 0.283 e. The molecule has 0 amide bonds. The normalized spacial score (nSPS) is 13.4. The average Bonchev–Trinajstić information content (AvgIpc) is 3.32. The van der Waals surface area contributed by atoms with Crippen LogP contribution in [0.15, 0.2) is 32.9 Å². The minimum Gasteiger partial charge on any atom is -0.411 e. The molecule has 0 aliphatic heterocycles. The van der Waals surface area contributed by atoms with Crippen LogP contribution in [-0.4, -0.2) is 20.2 Å². The third-order valence-electron chi connectivity index (χ3n) is 4.99. The van der Waals surface area contributed by atoms with E-state index in [1.807, 2.05) is 13.0 Å². The molecule has 27 heavy (non-hydrogen) atoms. The Labute approximate surface area is 165 Å². The lowest BCUT2D eigenvalue weighted by Gasteiger charge is -2.03. The van der Waals surface area contributed by atoms with Crippen molar-refractivity contribution in [3.8, 4) is 11.5 Å². The SMILES string of the molecule is Cc1nc(Sc2nnc(-c3ccc(C)c(C)c3)o2)c2c3c(sc2n1)CCC3. The van der Waals surface area contributed by atoms with Gasteiger partial charge in [-0.15, -0.1) is 21.5 Å². The Balaban J connectivity index is 1.53. The first-order valence-corrected chi connectivity index (χ1v) is 10.6. The Morgan fingerprint density at radius 2 is 1.93 bits per heavy atom. The highest BCUT2D eigenvalue weighted by Gasteiger charge is 2.23. The van der Waals surface area contributed by atoms with Gasteiger partial charge < -0.3 is 4.42 Å². The second kappa shape index (κ2) is 6.42. The van der Waals surface area contributed by atoms with Crippen LogP contribution in [0.5, 0.6) is 0 Å². The summed E-state index contributed by atoms with van der Waals surface area (Å²) in [5.74, 6) is 1.32. The van der Waals surface area contributed by atoms with Crippen LogP contribution in [0, 0.1) is 20.8 Å². The number of thiophene rings is 1. The molecule has 0 fully saturated rings. The van der Waals surface area contributed by atoms with Gasteiger partial charge in [0.2, 0.25) is 5.89 Å². The molecule has 0 saturated carbocycles. The van der Waals surface area contributed by atoms with Gasteiger partial charge in [-0.05, 0) is 80.6 Å². The fraction of sp³-hybridized carbons (Fsp3) is 0.300. The summed E-state index contributed by atoms with van der Waals surface area (Å²) in [6, 6.07) is 6.17. The monoisotopic (exact) mass is 394 g/mol. The van der Waals surface area contributed by atoms with Crippen LogP contribution in [-0.2, 0) is 12.8 Å². The number of aromatic nitrogens is 4. The molecule has 4 aromatic rings. The van der Waals surface area contributed by atoms with E-state index in [1.165, 1.54) is 45.1 Å². The first-order valence-electron chi connectivity index (χ1n) is 8.96. The van der Waals surface area contributed by atoms with Crippen molar-refractivity contribution in [2.75, 3.05) is 0 Å². The summed E-state index contributed by atoms with van der Waals surface area (Å²) in [6.45, 7) is 6.11. The topological polar surface area (TPSA) is 64.7 Å². The van der Waals surface area contributed by atoms with E-state index in [0.29, 0.717) is 11.1 Å². The summed E-state index contributed by atoms with van der Waals surface area (Å²) < 4.78 is 5.94. The van der Waals surface area contributed by atoms with Gasteiger partial charge in [-0.2, -0.15) is 0 Å². The summed E-state index contributed by atoms with van der Waals surface area (Å²) in [5.41, 5.74) is 4.81. The highest BCUT2D eigenvalue weighted by atomic mass is 32.2. The highest BCUT2D eigenvalue weighted by molar-refractivity contribution is 7.99. The van der Waals surface area contributed by atoms with Crippen LogP contribution >= 0.6 is 23.1 Å². The number of rotatable bonds is 3. The molecule has 7 heteroatoms. The summed E-state index contributed by atoms with van der Waals surface area (Å²) in [7, 11) is 0. The van der Waals surface area contributed by atoms with Crippen LogP contribution in [0.3, 0.4) is 0 Å². The molecule has 5 nitrogen and oxygen atoms in total. The Kier molecular flexibility index (Phi) is 4.02. The minimum atomic E-state index is 0.514.